The number of rotatable bonds is 4. The number of nitro groups is 1. The molecule has 0 fully saturated rings. The number of alkyl halides is 2. The lowest BCUT2D eigenvalue weighted by molar-refractivity contribution is -0.384. The van der Waals surface area contributed by atoms with Gasteiger partial charge >= 0.3 is 5.69 Å². The second-order valence-corrected chi connectivity index (χ2v) is 2.70. The van der Waals surface area contributed by atoms with E-state index in [1.165, 1.54) is 0 Å². The van der Waals surface area contributed by atoms with Crippen molar-refractivity contribution in [1.29, 1.82) is 5.26 Å². The van der Waals surface area contributed by atoms with Gasteiger partial charge in [-0.2, -0.15) is 5.26 Å². The fourth-order valence-corrected chi connectivity index (χ4v) is 1.03. The average molecular weight is 228 g/mol. The van der Waals surface area contributed by atoms with Gasteiger partial charge in [-0.1, -0.05) is 0 Å². The van der Waals surface area contributed by atoms with E-state index in [2.05, 4.69) is 10.3 Å². The normalized spacial score (nSPS) is 9.88. The molecule has 16 heavy (non-hydrogen) atoms. The van der Waals surface area contributed by atoms with Crippen molar-refractivity contribution < 1.29 is 13.7 Å². The van der Waals surface area contributed by atoms with Crippen LogP contribution in [0.2, 0.25) is 0 Å². The van der Waals surface area contributed by atoms with Gasteiger partial charge in [0.15, 0.2) is 0 Å². The highest BCUT2D eigenvalue weighted by Crippen LogP contribution is 2.25. The Labute approximate surface area is 88.7 Å². The molecule has 0 unspecified atom stereocenters. The van der Waals surface area contributed by atoms with E-state index in [0.29, 0.717) is 0 Å². The smallest absolute Gasteiger partial charge is 0.328 e. The number of halogens is 2. The second-order valence-electron chi connectivity index (χ2n) is 2.70. The minimum Gasteiger partial charge on any atom is -0.359 e. The molecule has 0 aliphatic rings. The summed E-state index contributed by atoms with van der Waals surface area (Å²) in [6.07, 6.45) is -1.52. The summed E-state index contributed by atoms with van der Waals surface area (Å²) in [5.41, 5.74) is -0.817. The van der Waals surface area contributed by atoms with Crippen molar-refractivity contribution in [3.63, 3.8) is 0 Å². The minimum atomic E-state index is -2.66. The van der Waals surface area contributed by atoms with Crippen LogP contribution in [0.5, 0.6) is 0 Å². The van der Waals surface area contributed by atoms with Gasteiger partial charge in [0, 0.05) is 6.20 Å². The van der Waals surface area contributed by atoms with Gasteiger partial charge < -0.3 is 5.32 Å². The van der Waals surface area contributed by atoms with Crippen LogP contribution >= 0.6 is 0 Å². The van der Waals surface area contributed by atoms with Crippen LogP contribution in [0.3, 0.4) is 0 Å². The molecule has 1 rings (SSSR count). The highest BCUT2D eigenvalue weighted by atomic mass is 19.3. The van der Waals surface area contributed by atoms with E-state index >= 15 is 0 Å². The van der Waals surface area contributed by atoms with E-state index < -0.39 is 23.6 Å². The molecule has 8 heteroatoms. The summed E-state index contributed by atoms with van der Waals surface area (Å²) in [6, 6.07) is 2.74. The van der Waals surface area contributed by atoms with Gasteiger partial charge in [0.1, 0.15) is 11.6 Å². The summed E-state index contributed by atoms with van der Waals surface area (Å²) >= 11 is 0. The standard InChI is InChI=1S/C8H6F2N4O2/c9-6(10)4-13-8-7(14(15)16)5(3-11)1-2-12-8/h1-2,6H,4H2,(H,12,13). The van der Waals surface area contributed by atoms with Crippen molar-refractivity contribution in [2.45, 2.75) is 6.43 Å². The fraction of sp³-hybridized carbons (Fsp3) is 0.250. The molecule has 0 saturated carbocycles. The van der Waals surface area contributed by atoms with Gasteiger partial charge in [-0.15, -0.1) is 0 Å². The van der Waals surface area contributed by atoms with Gasteiger partial charge in [0.05, 0.1) is 11.5 Å². The molecule has 1 aromatic rings. The van der Waals surface area contributed by atoms with Gasteiger partial charge in [-0.3, -0.25) is 10.1 Å². The Morgan fingerprint density at radius 2 is 2.38 bits per heavy atom. The van der Waals surface area contributed by atoms with Crippen LogP contribution in [0.4, 0.5) is 20.3 Å². The molecule has 1 N–H and O–H groups in total. The number of nitriles is 1. The molecule has 1 aromatic heterocycles. The second kappa shape index (κ2) is 4.97. The van der Waals surface area contributed by atoms with Crippen molar-refractivity contribution in [3.05, 3.63) is 27.9 Å². The van der Waals surface area contributed by atoms with E-state index in [1.54, 1.807) is 6.07 Å². The maximum Gasteiger partial charge on any atom is 0.328 e. The number of hydrogen-bond donors (Lipinski definition) is 1. The molecular formula is C8H6F2N4O2. The Hall–Kier alpha value is -2.30. The summed E-state index contributed by atoms with van der Waals surface area (Å²) in [5, 5.41) is 21.4. The van der Waals surface area contributed by atoms with E-state index in [0.717, 1.165) is 12.3 Å². The Morgan fingerprint density at radius 1 is 1.69 bits per heavy atom. The predicted molar refractivity (Wildman–Crippen MR) is 50.1 cm³/mol. The summed E-state index contributed by atoms with van der Waals surface area (Å²) in [6.45, 7) is -0.761. The summed E-state index contributed by atoms with van der Waals surface area (Å²) in [4.78, 5) is 13.3. The van der Waals surface area contributed by atoms with Crippen LogP contribution in [0.1, 0.15) is 5.56 Å². The van der Waals surface area contributed by atoms with Crippen molar-refractivity contribution in [2.24, 2.45) is 0 Å². The number of pyridine rings is 1. The summed E-state index contributed by atoms with van der Waals surface area (Å²) in [5.74, 6) is -0.329. The van der Waals surface area contributed by atoms with Crippen LogP contribution in [-0.2, 0) is 0 Å². The first-order valence-electron chi connectivity index (χ1n) is 4.11. The third-order valence-corrected chi connectivity index (χ3v) is 1.65. The molecule has 0 aromatic carbocycles. The lowest BCUT2D eigenvalue weighted by Gasteiger charge is -2.05. The van der Waals surface area contributed by atoms with Crippen molar-refractivity contribution in [3.8, 4) is 6.07 Å². The molecule has 84 valence electrons. The van der Waals surface area contributed by atoms with Crippen LogP contribution in [0, 0.1) is 21.4 Å². The summed E-state index contributed by atoms with van der Waals surface area (Å²) in [7, 11) is 0. The largest absolute Gasteiger partial charge is 0.359 e. The first kappa shape index (κ1) is 11.8. The zero-order valence-corrected chi connectivity index (χ0v) is 7.85. The Kier molecular flexibility index (Phi) is 3.66. The van der Waals surface area contributed by atoms with Crippen molar-refractivity contribution >= 4 is 11.5 Å². The topological polar surface area (TPSA) is 91.8 Å². The highest BCUT2D eigenvalue weighted by molar-refractivity contribution is 5.63. The van der Waals surface area contributed by atoms with Gasteiger partial charge in [-0.25, -0.2) is 13.8 Å². The maximum atomic E-state index is 11.9. The predicted octanol–water partition coefficient (Wildman–Crippen LogP) is 1.54. The van der Waals surface area contributed by atoms with Crippen molar-refractivity contribution in [2.75, 3.05) is 11.9 Å². The van der Waals surface area contributed by atoms with E-state index in [1.807, 2.05) is 0 Å². The molecule has 0 amide bonds. The molecule has 1 heterocycles. The monoisotopic (exact) mass is 228 g/mol. The third kappa shape index (κ3) is 2.60. The molecule has 0 atom stereocenters. The number of nitrogens with zero attached hydrogens (tertiary/aromatic N) is 3. The Morgan fingerprint density at radius 3 is 2.88 bits per heavy atom. The first-order valence-corrected chi connectivity index (χ1v) is 4.11. The summed E-state index contributed by atoms with van der Waals surface area (Å²) < 4.78 is 23.8. The van der Waals surface area contributed by atoms with Crippen molar-refractivity contribution in [1.82, 2.24) is 4.98 Å². The van der Waals surface area contributed by atoms with Gasteiger partial charge in [-0.05, 0) is 6.07 Å². The van der Waals surface area contributed by atoms with Crippen LogP contribution in [0.25, 0.3) is 0 Å². The highest BCUT2D eigenvalue weighted by Gasteiger charge is 2.21. The third-order valence-electron chi connectivity index (χ3n) is 1.65. The van der Waals surface area contributed by atoms with Crippen LogP contribution < -0.4 is 5.32 Å². The zero-order chi connectivity index (χ0) is 12.1. The Bertz CT molecular complexity index is 444. The first-order chi connectivity index (χ1) is 7.56. The van der Waals surface area contributed by atoms with Gasteiger partial charge in [0.25, 0.3) is 6.43 Å². The fourth-order valence-electron chi connectivity index (χ4n) is 1.03. The SMILES string of the molecule is N#Cc1ccnc(NCC(F)F)c1[N+](=O)[O-]. The molecule has 0 saturated heterocycles. The maximum absolute atomic E-state index is 11.9. The molecule has 6 nitrogen and oxygen atoms in total. The lowest BCUT2D eigenvalue weighted by atomic mass is 10.2. The lowest BCUT2D eigenvalue weighted by Crippen LogP contribution is -2.13. The molecular weight excluding hydrogens is 222 g/mol. The Balaban J connectivity index is 3.08. The van der Waals surface area contributed by atoms with E-state index in [4.69, 9.17) is 5.26 Å². The molecule has 0 spiro atoms. The molecule has 0 bridgehead atoms. The number of aromatic nitrogens is 1. The van der Waals surface area contributed by atoms with Crippen LogP contribution in [0.15, 0.2) is 12.3 Å². The molecule has 0 aliphatic heterocycles. The average Bonchev–Trinajstić information content (AvgIpc) is 2.25. The number of hydrogen-bond acceptors (Lipinski definition) is 5. The van der Waals surface area contributed by atoms with E-state index in [9.17, 15) is 18.9 Å². The van der Waals surface area contributed by atoms with Gasteiger partial charge in [0.2, 0.25) is 5.82 Å². The number of nitrogens with one attached hydrogen (secondary N) is 1. The molecule has 0 aliphatic carbocycles. The van der Waals surface area contributed by atoms with E-state index in [-0.39, 0.29) is 11.4 Å². The minimum absolute atomic E-state index is 0.225. The molecule has 0 radical (unpaired) electrons. The number of anilines is 1. The zero-order valence-electron chi connectivity index (χ0n) is 7.85. The van der Waals surface area contributed by atoms with Crippen LogP contribution in [-0.4, -0.2) is 22.9 Å². The quantitative estimate of drug-likeness (QED) is 0.623.